The molecule has 3 nitrogen and oxygen atoms in total. The summed E-state index contributed by atoms with van der Waals surface area (Å²) in [5.41, 5.74) is 2.29. The van der Waals surface area contributed by atoms with Crippen LogP contribution in [0.1, 0.15) is 46.4 Å². The van der Waals surface area contributed by atoms with Crippen molar-refractivity contribution in [2.75, 3.05) is 18.5 Å². The molecule has 0 fully saturated rings. The van der Waals surface area contributed by atoms with E-state index in [9.17, 15) is 0 Å². The maximum atomic E-state index is 4.56. The average molecular weight is 249 g/mol. The monoisotopic (exact) mass is 249 g/mol. The van der Waals surface area contributed by atoms with Crippen molar-refractivity contribution in [3.63, 3.8) is 0 Å². The molecular weight excluding hydrogens is 222 g/mol. The first kappa shape index (κ1) is 15.0. The van der Waals surface area contributed by atoms with Crippen molar-refractivity contribution in [1.82, 2.24) is 10.3 Å². The van der Waals surface area contributed by atoms with Crippen LogP contribution in [0.4, 0.5) is 5.69 Å². The molecule has 18 heavy (non-hydrogen) atoms. The van der Waals surface area contributed by atoms with Crippen LogP contribution in [0.15, 0.2) is 18.3 Å². The van der Waals surface area contributed by atoms with E-state index in [1.807, 2.05) is 6.20 Å². The van der Waals surface area contributed by atoms with Gasteiger partial charge in [-0.1, -0.05) is 20.8 Å². The smallest absolute Gasteiger partial charge is 0.0572 e. The van der Waals surface area contributed by atoms with Crippen molar-refractivity contribution < 1.29 is 0 Å². The Labute approximate surface area is 112 Å². The summed E-state index contributed by atoms with van der Waals surface area (Å²) in [7, 11) is 2.13. The van der Waals surface area contributed by atoms with Crippen molar-refractivity contribution in [3.05, 3.63) is 24.0 Å². The third-order valence-corrected chi connectivity index (χ3v) is 3.71. The minimum Gasteiger partial charge on any atom is -0.370 e. The molecule has 0 aliphatic carbocycles. The molecule has 0 saturated heterocycles. The zero-order valence-electron chi connectivity index (χ0n) is 12.6. The SMILES string of the molecule is CCNC(C)c1ccc(N(C)C(C)C(C)C)cn1. The molecule has 1 N–H and O–H groups in total. The number of aromatic nitrogens is 1. The summed E-state index contributed by atoms with van der Waals surface area (Å²) in [5, 5.41) is 3.38. The van der Waals surface area contributed by atoms with Gasteiger partial charge in [0.1, 0.15) is 0 Å². The van der Waals surface area contributed by atoms with Crippen LogP contribution >= 0.6 is 0 Å². The van der Waals surface area contributed by atoms with Crippen molar-refractivity contribution in [2.45, 2.75) is 46.7 Å². The Morgan fingerprint density at radius 1 is 1.22 bits per heavy atom. The van der Waals surface area contributed by atoms with E-state index in [1.54, 1.807) is 0 Å². The molecule has 0 bridgehead atoms. The van der Waals surface area contributed by atoms with Crippen LogP contribution in [0.5, 0.6) is 0 Å². The van der Waals surface area contributed by atoms with Crippen LogP contribution < -0.4 is 10.2 Å². The van der Waals surface area contributed by atoms with Crippen molar-refractivity contribution in [3.8, 4) is 0 Å². The van der Waals surface area contributed by atoms with Gasteiger partial charge in [0.05, 0.1) is 17.6 Å². The van der Waals surface area contributed by atoms with Crippen LogP contribution in [0.2, 0.25) is 0 Å². The van der Waals surface area contributed by atoms with Crippen LogP contribution in [0.25, 0.3) is 0 Å². The van der Waals surface area contributed by atoms with E-state index >= 15 is 0 Å². The Balaban J connectivity index is 2.76. The molecule has 0 aliphatic heterocycles. The van der Waals surface area contributed by atoms with Crippen LogP contribution in [0, 0.1) is 5.92 Å². The summed E-state index contributed by atoms with van der Waals surface area (Å²) in [6.07, 6.45) is 1.97. The molecule has 0 radical (unpaired) electrons. The van der Waals surface area contributed by atoms with Gasteiger partial charge in [-0.2, -0.15) is 0 Å². The number of anilines is 1. The Bertz CT molecular complexity index is 345. The first-order chi connectivity index (χ1) is 8.47. The van der Waals surface area contributed by atoms with Gasteiger partial charge in [-0.25, -0.2) is 0 Å². The molecule has 0 aromatic carbocycles. The highest BCUT2D eigenvalue weighted by Crippen LogP contribution is 2.19. The normalized spacial score (nSPS) is 14.6. The third-order valence-electron chi connectivity index (χ3n) is 3.71. The minimum absolute atomic E-state index is 0.317. The lowest BCUT2D eigenvalue weighted by Crippen LogP contribution is -2.33. The summed E-state index contributed by atoms with van der Waals surface area (Å²) >= 11 is 0. The molecule has 1 heterocycles. The molecule has 2 atom stereocenters. The fraction of sp³-hybridized carbons (Fsp3) is 0.667. The van der Waals surface area contributed by atoms with Gasteiger partial charge >= 0.3 is 0 Å². The van der Waals surface area contributed by atoms with Crippen molar-refractivity contribution >= 4 is 5.69 Å². The zero-order valence-corrected chi connectivity index (χ0v) is 12.6. The first-order valence-electron chi connectivity index (χ1n) is 6.89. The van der Waals surface area contributed by atoms with E-state index in [0.29, 0.717) is 18.0 Å². The van der Waals surface area contributed by atoms with Gasteiger partial charge < -0.3 is 10.2 Å². The maximum Gasteiger partial charge on any atom is 0.0572 e. The van der Waals surface area contributed by atoms with Gasteiger partial charge in [-0.3, -0.25) is 4.98 Å². The number of hydrogen-bond donors (Lipinski definition) is 1. The van der Waals surface area contributed by atoms with Gasteiger partial charge in [0.15, 0.2) is 0 Å². The predicted molar refractivity (Wildman–Crippen MR) is 79.0 cm³/mol. The second kappa shape index (κ2) is 6.74. The molecule has 1 aromatic rings. The molecule has 102 valence electrons. The molecule has 0 amide bonds. The van der Waals surface area contributed by atoms with Crippen LogP contribution in [-0.2, 0) is 0 Å². The highest BCUT2D eigenvalue weighted by atomic mass is 15.1. The summed E-state index contributed by atoms with van der Waals surface area (Å²) in [5.74, 6) is 0.635. The Morgan fingerprint density at radius 2 is 1.89 bits per heavy atom. The molecule has 0 spiro atoms. The summed E-state index contributed by atoms with van der Waals surface area (Å²) in [4.78, 5) is 6.85. The van der Waals surface area contributed by atoms with E-state index in [1.165, 1.54) is 5.69 Å². The summed E-state index contributed by atoms with van der Waals surface area (Å²) in [6, 6.07) is 5.11. The highest BCUT2D eigenvalue weighted by Gasteiger charge is 2.14. The van der Waals surface area contributed by atoms with E-state index in [0.717, 1.165) is 12.2 Å². The number of hydrogen-bond acceptors (Lipinski definition) is 3. The van der Waals surface area contributed by atoms with Crippen LogP contribution in [0.3, 0.4) is 0 Å². The van der Waals surface area contributed by atoms with Gasteiger partial charge in [0, 0.05) is 19.1 Å². The van der Waals surface area contributed by atoms with Crippen molar-refractivity contribution in [2.24, 2.45) is 5.92 Å². The predicted octanol–water partition coefficient (Wildman–Crippen LogP) is 3.23. The third kappa shape index (κ3) is 3.70. The molecule has 2 unspecified atom stereocenters. The summed E-state index contributed by atoms with van der Waals surface area (Å²) in [6.45, 7) is 12.0. The average Bonchev–Trinajstić information content (AvgIpc) is 2.37. The molecule has 3 heteroatoms. The maximum absolute atomic E-state index is 4.56. The lowest BCUT2D eigenvalue weighted by molar-refractivity contribution is 0.505. The lowest BCUT2D eigenvalue weighted by Gasteiger charge is -2.30. The lowest BCUT2D eigenvalue weighted by atomic mass is 10.0. The largest absolute Gasteiger partial charge is 0.370 e. The van der Waals surface area contributed by atoms with Gasteiger partial charge in [-0.15, -0.1) is 0 Å². The number of rotatable bonds is 6. The zero-order chi connectivity index (χ0) is 13.7. The topological polar surface area (TPSA) is 28.2 Å². The van der Waals surface area contributed by atoms with E-state index in [4.69, 9.17) is 0 Å². The molecule has 1 aromatic heterocycles. The fourth-order valence-electron chi connectivity index (χ4n) is 1.96. The Hall–Kier alpha value is -1.09. The molecule has 0 saturated carbocycles. The fourth-order valence-corrected chi connectivity index (χ4v) is 1.96. The highest BCUT2D eigenvalue weighted by molar-refractivity contribution is 5.45. The minimum atomic E-state index is 0.317. The molecular formula is C15H27N3. The standard InChI is InChI=1S/C15H27N3/c1-7-16-12(4)15-9-8-14(10-17-15)18(6)13(5)11(2)3/h8-13,16H,7H2,1-6H3. The number of nitrogens with zero attached hydrogens (tertiary/aromatic N) is 2. The molecule has 0 aliphatic rings. The van der Waals surface area contributed by atoms with Gasteiger partial charge in [-0.05, 0) is 38.4 Å². The Kier molecular flexibility index (Phi) is 5.60. The second-order valence-electron chi connectivity index (χ2n) is 5.32. The first-order valence-corrected chi connectivity index (χ1v) is 6.89. The van der Waals surface area contributed by atoms with E-state index in [2.05, 4.69) is 69.0 Å². The van der Waals surface area contributed by atoms with Crippen LogP contribution in [-0.4, -0.2) is 24.6 Å². The quantitative estimate of drug-likeness (QED) is 0.839. The second-order valence-corrected chi connectivity index (χ2v) is 5.32. The number of pyridine rings is 1. The van der Waals surface area contributed by atoms with Gasteiger partial charge in [0.25, 0.3) is 0 Å². The van der Waals surface area contributed by atoms with E-state index in [-0.39, 0.29) is 0 Å². The Morgan fingerprint density at radius 3 is 2.33 bits per heavy atom. The summed E-state index contributed by atoms with van der Waals surface area (Å²) < 4.78 is 0. The van der Waals surface area contributed by atoms with E-state index < -0.39 is 0 Å². The molecule has 1 rings (SSSR count). The number of nitrogens with one attached hydrogen (secondary N) is 1. The van der Waals surface area contributed by atoms with Crippen molar-refractivity contribution in [1.29, 1.82) is 0 Å². The van der Waals surface area contributed by atoms with Gasteiger partial charge in [0.2, 0.25) is 0 Å².